The van der Waals surface area contributed by atoms with Gasteiger partial charge in [0.05, 0.1) is 6.54 Å². The summed E-state index contributed by atoms with van der Waals surface area (Å²) in [5.41, 5.74) is 3.78. The quantitative estimate of drug-likeness (QED) is 0.462. The van der Waals surface area contributed by atoms with E-state index in [-0.39, 0.29) is 5.92 Å². The maximum absolute atomic E-state index is 13.8. The Hall–Kier alpha value is -3.49. The predicted octanol–water partition coefficient (Wildman–Crippen LogP) is 4.80. The summed E-state index contributed by atoms with van der Waals surface area (Å²) in [6.07, 6.45) is 0.791. The minimum Gasteiger partial charge on any atom is -0.245 e. The zero-order chi connectivity index (χ0) is 22.0. The van der Waals surface area contributed by atoms with Gasteiger partial charge in [-0.3, -0.25) is 0 Å². The summed E-state index contributed by atoms with van der Waals surface area (Å²) in [6, 6.07) is 15.7. The Kier molecular flexibility index (Phi) is 5.58. The van der Waals surface area contributed by atoms with Crippen molar-refractivity contribution in [1.82, 2.24) is 35.4 Å². The molecule has 0 radical (unpaired) electrons. The van der Waals surface area contributed by atoms with E-state index in [2.05, 4.69) is 30.7 Å². The predicted molar refractivity (Wildman–Crippen MR) is 112 cm³/mol. The molecule has 31 heavy (non-hydrogen) atoms. The van der Waals surface area contributed by atoms with Gasteiger partial charge in [-0.15, -0.1) is 15.3 Å². The van der Waals surface area contributed by atoms with Gasteiger partial charge in [0.1, 0.15) is 5.82 Å². The van der Waals surface area contributed by atoms with E-state index in [4.69, 9.17) is 0 Å². The highest BCUT2D eigenvalue weighted by molar-refractivity contribution is 5.80. The third-order valence-electron chi connectivity index (χ3n) is 5.26. The average molecular weight is 423 g/mol. The molecule has 9 heteroatoms. The zero-order valence-electron chi connectivity index (χ0n) is 17.5. The van der Waals surface area contributed by atoms with E-state index in [0.717, 1.165) is 35.6 Å². The molecule has 1 unspecified atom stereocenters. The van der Waals surface area contributed by atoms with Crippen molar-refractivity contribution in [1.29, 1.82) is 0 Å². The monoisotopic (exact) mass is 423 g/mol. The van der Waals surface area contributed by atoms with Crippen LogP contribution in [0.3, 0.4) is 0 Å². The van der Waals surface area contributed by atoms with Crippen LogP contribution in [0.2, 0.25) is 0 Å². The molecular weight excluding hydrogens is 400 g/mol. The first kappa shape index (κ1) is 20.8. The molecule has 0 bridgehead atoms. The van der Waals surface area contributed by atoms with Crippen LogP contribution in [0.25, 0.3) is 22.5 Å². The molecule has 1 N–H and O–H groups in total. The van der Waals surface area contributed by atoms with Crippen molar-refractivity contribution in [2.75, 3.05) is 0 Å². The number of tetrazole rings is 1. The first-order valence-corrected chi connectivity index (χ1v) is 10.1. The standard InChI is InChI=1S/C22H23F2N7/c1-4-14(2)20-25-21(22(3,23)24)28-31(20)13-15-9-11-16(12-10-15)17-7-5-6-8-18(17)19-26-29-30-27-19/h5-12,14H,4,13H2,1-3H3,(H,26,27,29,30). The second-order valence-corrected chi connectivity index (χ2v) is 7.63. The van der Waals surface area contributed by atoms with E-state index in [1.807, 2.05) is 62.4 Å². The smallest absolute Gasteiger partial charge is 0.245 e. The molecule has 2 aromatic heterocycles. The third-order valence-corrected chi connectivity index (χ3v) is 5.26. The largest absolute Gasteiger partial charge is 0.305 e. The first-order chi connectivity index (χ1) is 14.9. The second-order valence-electron chi connectivity index (χ2n) is 7.63. The van der Waals surface area contributed by atoms with Crippen LogP contribution in [-0.4, -0.2) is 35.4 Å². The molecule has 4 rings (SSSR count). The van der Waals surface area contributed by atoms with Gasteiger partial charge in [0.25, 0.3) is 0 Å². The Bertz CT molecular complexity index is 1150. The number of rotatable bonds is 7. The van der Waals surface area contributed by atoms with Gasteiger partial charge in [0.2, 0.25) is 11.6 Å². The molecule has 4 aromatic rings. The summed E-state index contributed by atoms with van der Waals surface area (Å²) >= 11 is 0. The van der Waals surface area contributed by atoms with Crippen molar-refractivity contribution in [3.8, 4) is 22.5 Å². The van der Waals surface area contributed by atoms with Crippen molar-refractivity contribution >= 4 is 0 Å². The van der Waals surface area contributed by atoms with Crippen LogP contribution in [0.4, 0.5) is 8.78 Å². The van der Waals surface area contributed by atoms with Crippen molar-refractivity contribution < 1.29 is 8.78 Å². The highest BCUT2D eigenvalue weighted by Gasteiger charge is 2.32. The molecule has 0 spiro atoms. The van der Waals surface area contributed by atoms with Gasteiger partial charge in [-0.25, -0.2) is 9.67 Å². The molecule has 0 aliphatic heterocycles. The number of hydrogen-bond donors (Lipinski definition) is 1. The van der Waals surface area contributed by atoms with Crippen molar-refractivity contribution in [3.63, 3.8) is 0 Å². The fourth-order valence-corrected chi connectivity index (χ4v) is 3.37. The van der Waals surface area contributed by atoms with E-state index in [1.165, 1.54) is 0 Å². The summed E-state index contributed by atoms with van der Waals surface area (Å²) < 4.78 is 29.2. The summed E-state index contributed by atoms with van der Waals surface area (Å²) in [5.74, 6) is -2.38. The highest BCUT2D eigenvalue weighted by atomic mass is 19.3. The maximum Gasteiger partial charge on any atom is 0.305 e. The molecule has 0 saturated carbocycles. The number of benzene rings is 2. The van der Waals surface area contributed by atoms with Crippen LogP contribution in [0.15, 0.2) is 48.5 Å². The number of aromatic amines is 1. The fourth-order valence-electron chi connectivity index (χ4n) is 3.37. The van der Waals surface area contributed by atoms with Gasteiger partial charge in [-0.1, -0.05) is 62.4 Å². The van der Waals surface area contributed by atoms with E-state index < -0.39 is 11.7 Å². The average Bonchev–Trinajstić information content (AvgIpc) is 3.44. The van der Waals surface area contributed by atoms with Gasteiger partial charge in [-0.2, -0.15) is 14.0 Å². The summed E-state index contributed by atoms with van der Waals surface area (Å²) in [6.45, 7) is 5.16. The van der Waals surface area contributed by atoms with Crippen LogP contribution in [0.1, 0.15) is 50.3 Å². The van der Waals surface area contributed by atoms with Crippen molar-refractivity contribution in [2.45, 2.75) is 45.6 Å². The Morgan fingerprint density at radius 1 is 1.06 bits per heavy atom. The Balaban J connectivity index is 1.63. The molecule has 7 nitrogen and oxygen atoms in total. The number of H-pyrrole nitrogens is 1. The summed E-state index contributed by atoms with van der Waals surface area (Å²) in [4.78, 5) is 4.13. The van der Waals surface area contributed by atoms with Crippen molar-refractivity contribution in [3.05, 3.63) is 65.7 Å². The van der Waals surface area contributed by atoms with E-state index in [9.17, 15) is 8.78 Å². The number of halogens is 2. The van der Waals surface area contributed by atoms with Gasteiger partial charge in [0.15, 0.2) is 0 Å². The molecule has 160 valence electrons. The number of hydrogen-bond acceptors (Lipinski definition) is 5. The van der Waals surface area contributed by atoms with Crippen LogP contribution in [0, 0.1) is 0 Å². The molecule has 0 aliphatic carbocycles. The zero-order valence-corrected chi connectivity index (χ0v) is 17.5. The molecule has 0 fully saturated rings. The van der Waals surface area contributed by atoms with Crippen LogP contribution in [0.5, 0.6) is 0 Å². The number of alkyl halides is 2. The Morgan fingerprint density at radius 3 is 2.39 bits per heavy atom. The van der Waals surface area contributed by atoms with Gasteiger partial charge < -0.3 is 0 Å². The second kappa shape index (κ2) is 8.33. The lowest BCUT2D eigenvalue weighted by molar-refractivity contribution is 0.00755. The number of aromatic nitrogens is 7. The third kappa shape index (κ3) is 4.35. The summed E-state index contributed by atoms with van der Waals surface area (Å²) in [5, 5.41) is 18.4. The molecule has 0 aliphatic rings. The molecular formula is C22H23F2N7. The Morgan fingerprint density at radius 2 is 1.77 bits per heavy atom. The molecule has 1 atom stereocenters. The molecule has 0 amide bonds. The molecule has 2 heterocycles. The lowest BCUT2D eigenvalue weighted by atomic mass is 9.98. The first-order valence-electron chi connectivity index (χ1n) is 10.1. The molecule has 0 saturated heterocycles. The van der Waals surface area contributed by atoms with E-state index in [1.54, 1.807) is 4.68 Å². The molecule has 2 aromatic carbocycles. The van der Waals surface area contributed by atoms with Gasteiger partial charge >= 0.3 is 5.92 Å². The topological polar surface area (TPSA) is 85.2 Å². The highest BCUT2D eigenvalue weighted by Crippen LogP contribution is 2.30. The number of nitrogens with zero attached hydrogens (tertiary/aromatic N) is 6. The lowest BCUT2D eigenvalue weighted by Gasteiger charge is -2.11. The Labute approximate surface area is 178 Å². The maximum atomic E-state index is 13.8. The van der Waals surface area contributed by atoms with Crippen molar-refractivity contribution in [2.24, 2.45) is 0 Å². The van der Waals surface area contributed by atoms with Gasteiger partial charge in [-0.05, 0) is 28.3 Å². The van der Waals surface area contributed by atoms with Crippen LogP contribution in [-0.2, 0) is 12.5 Å². The summed E-state index contributed by atoms with van der Waals surface area (Å²) in [7, 11) is 0. The van der Waals surface area contributed by atoms with E-state index in [0.29, 0.717) is 18.2 Å². The SMILES string of the molecule is CCC(C)c1nc(C(C)(F)F)nn1Cc1ccc(-c2ccccc2-c2nn[nH]n2)cc1. The number of nitrogens with one attached hydrogen (secondary N) is 1. The normalized spacial score (nSPS) is 12.8. The fraction of sp³-hybridized carbons (Fsp3) is 0.318. The minimum atomic E-state index is -3.07. The van der Waals surface area contributed by atoms with Crippen LogP contribution < -0.4 is 0 Å². The van der Waals surface area contributed by atoms with Gasteiger partial charge in [0, 0.05) is 18.4 Å². The lowest BCUT2D eigenvalue weighted by Crippen LogP contribution is -2.11. The van der Waals surface area contributed by atoms with Crippen LogP contribution >= 0.6 is 0 Å². The van der Waals surface area contributed by atoms with E-state index >= 15 is 0 Å². The minimum absolute atomic E-state index is 0.0321.